The van der Waals surface area contributed by atoms with Crippen molar-refractivity contribution in [1.82, 2.24) is 15.1 Å². The van der Waals surface area contributed by atoms with Gasteiger partial charge in [0.2, 0.25) is 0 Å². The number of rotatable bonds is 5. The molecule has 2 aromatic rings. The molecule has 0 amide bonds. The molecule has 0 atom stereocenters. The van der Waals surface area contributed by atoms with E-state index in [1.165, 1.54) is 5.56 Å². The molecular weight excluding hydrogens is 270 g/mol. The van der Waals surface area contributed by atoms with E-state index in [1.54, 1.807) is 0 Å². The first-order valence-corrected chi connectivity index (χ1v) is 7.38. The van der Waals surface area contributed by atoms with Crippen LogP contribution in [0.5, 0.6) is 0 Å². The smallest absolute Gasteiger partial charge is 0.0848 e. The molecule has 0 fully saturated rings. The van der Waals surface area contributed by atoms with Crippen molar-refractivity contribution >= 4 is 11.6 Å². The van der Waals surface area contributed by atoms with Crippen LogP contribution in [-0.2, 0) is 6.54 Å². The minimum Gasteiger partial charge on any atom is -0.312 e. The lowest BCUT2D eigenvalue weighted by Gasteiger charge is -2.09. The summed E-state index contributed by atoms with van der Waals surface area (Å²) in [7, 11) is 0. The molecule has 1 heterocycles. The van der Waals surface area contributed by atoms with E-state index in [2.05, 4.69) is 48.5 Å². The Labute approximate surface area is 126 Å². The summed E-state index contributed by atoms with van der Waals surface area (Å²) in [5, 5.41) is 8.65. The summed E-state index contributed by atoms with van der Waals surface area (Å²) < 4.78 is 1.89. The zero-order valence-corrected chi connectivity index (χ0v) is 13.3. The van der Waals surface area contributed by atoms with E-state index < -0.39 is 0 Å². The average molecular weight is 292 g/mol. The van der Waals surface area contributed by atoms with Gasteiger partial charge in [-0.1, -0.05) is 37.6 Å². The fourth-order valence-electron chi connectivity index (χ4n) is 2.14. The zero-order chi connectivity index (χ0) is 14.7. The largest absolute Gasteiger partial charge is 0.312 e. The van der Waals surface area contributed by atoms with Crippen LogP contribution in [0.15, 0.2) is 24.3 Å². The Morgan fingerprint density at radius 1 is 1.20 bits per heavy atom. The van der Waals surface area contributed by atoms with Gasteiger partial charge in [0.05, 0.1) is 22.1 Å². The summed E-state index contributed by atoms with van der Waals surface area (Å²) in [6.45, 7) is 10.3. The highest BCUT2D eigenvalue weighted by molar-refractivity contribution is 6.31. The highest BCUT2D eigenvalue weighted by Crippen LogP contribution is 2.22. The summed E-state index contributed by atoms with van der Waals surface area (Å²) in [5.74, 6) is 0.672. The molecule has 4 heteroatoms. The molecule has 0 bridgehead atoms. The molecule has 1 aromatic carbocycles. The van der Waals surface area contributed by atoms with Gasteiger partial charge in [0.15, 0.2) is 0 Å². The number of aromatic nitrogens is 2. The molecule has 0 saturated heterocycles. The molecule has 0 radical (unpaired) electrons. The molecule has 2 rings (SSSR count). The van der Waals surface area contributed by atoms with Gasteiger partial charge in [0.1, 0.15) is 0 Å². The van der Waals surface area contributed by atoms with Crippen molar-refractivity contribution < 1.29 is 0 Å². The van der Waals surface area contributed by atoms with Crippen LogP contribution in [0.1, 0.15) is 30.8 Å². The molecule has 1 N–H and O–H groups in total. The Balaban J connectivity index is 2.10. The molecule has 3 nitrogen and oxygen atoms in total. The van der Waals surface area contributed by atoms with Crippen molar-refractivity contribution in [2.45, 2.75) is 34.2 Å². The molecule has 0 unspecified atom stereocenters. The van der Waals surface area contributed by atoms with Gasteiger partial charge < -0.3 is 5.32 Å². The van der Waals surface area contributed by atoms with E-state index >= 15 is 0 Å². The van der Waals surface area contributed by atoms with Crippen LogP contribution in [0.25, 0.3) is 5.69 Å². The van der Waals surface area contributed by atoms with E-state index in [0.717, 1.165) is 35.2 Å². The summed E-state index contributed by atoms with van der Waals surface area (Å²) in [6, 6.07) is 8.43. The van der Waals surface area contributed by atoms with Crippen LogP contribution in [0.2, 0.25) is 5.02 Å². The van der Waals surface area contributed by atoms with E-state index in [1.807, 2.05) is 18.5 Å². The summed E-state index contributed by atoms with van der Waals surface area (Å²) in [4.78, 5) is 0. The van der Waals surface area contributed by atoms with Gasteiger partial charge in [-0.3, -0.25) is 0 Å². The standard InChI is InChI=1S/C16H22ClN3/c1-11(2)9-18-10-14-5-7-15(8-6-14)20-13(4)16(17)12(3)19-20/h5-8,11,18H,9-10H2,1-4H3. The molecular formula is C16H22ClN3. The molecule has 0 saturated carbocycles. The zero-order valence-electron chi connectivity index (χ0n) is 12.6. The third kappa shape index (κ3) is 3.41. The van der Waals surface area contributed by atoms with Crippen LogP contribution in [0, 0.1) is 19.8 Å². The molecule has 20 heavy (non-hydrogen) atoms. The highest BCUT2D eigenvalue weighted by Gasteiger charge is 2.10. The van der Waals surface area contributed by atoms with E-state index in [-0.39, 0.29) is 0 Å². The number of nitrogens with zero attached hydrogens (tertiary/aromatic N) is 2. The highest BCUT2D eigenvalue weighted by atomic mass is 35.5. The number of aryl methyl sites for hydroxylation is 1. The van der Waals surface area contributed by atoms with Gasteiger partial charge in [-0.15, -0.1) is 0 Å². The first-order chi connectivity index (χ1) is 9.49. The number of hydrogen-bond acceptors (Lipinski definition) is 2. The molecule has 0 aliphatic heterocycles. The predicted octanol–water partition coefficient (Wildman–Crippen LogP) is 3.89. The lowest BCUT2D eigenvalue weighted by atomic mass is 10.2. The van der Waals surface area contributed by atoms with Gasteiger partial charge in [0, 0.05) is 6.54 Å². The van der Waals surface area contributed by atoms with Crippen molar-refractivity contribution in [1.29, 1.82) is 0 Å². The number of benzene rings is 1. The van der Waals surface area contributed by atoms with Gasteiger partial charge in [-0.05, 0) is 44.0 Å². The average Bonchev–Trinajstić information content (AvgIpc) is 2.67. The first-order valence-electron chi connectivity index (χ1n) is 7.00. The summed E-state index contributed by atoms with van der Waals surface area (Å²) >= 11 is 6.18. The molecule has 0 aliphatic carbocycles. The van der Waals surface area contributed by atoms with Crippen molar-refractivity contribution in [3.8, 4) is 5.69 Å². The van der Waals surface area contributed by atoms with Gasteiger partial charge in [-0.25, -0.2) is 4.68 Å². The second-order valence-corrected chi connectivity index (χ2v) is 5.97. The Bertz CT molecular complexity index is 570. The molecule has 1 aromatic heterocycles. The number of halogens is 1. The first kappa shape index (κ1) is 15.1. The Hall–Kier alpha value is -1.32. The predicted molar refractivity (Wildman–Crippen MR) is 84.6 cm³/mol. The van der Waals surface area contributed by atoms with E-state index in [9.17, 15) is 0 Å². The maximum atomic E-state index is 6.18. The van der Waals surface area contributed by atoms with Crippen molar-refractivity contribution in [2.75, 3.05) is 6.54 Å². The third-order valence-corrected chi connectivity index (χ3v) is 3.81. The Morgan fingerprint density at radius 2 is 1.85 bits per heavy atom. The normalized spacial score (nSPS) is 11.3. The van der Waals surface area contributed by atoms with Crippen LogP contribution >= 0.6 is 11.6 Å². The van der Waals surface area contributed by atoms with Crippen molar-refractivity contribution in [3.63, 3.8) is 0 Å². The summed E-state index contributed by atoms with van der Waals surface area (Å²) in [5.41, 5.74) is 4.17. The number of nitrogens with one attached hydrogen (secondary N) is 1. The van der Waals surface area contributed by atoms with Crippen LogP contribution in [-0.4, -0.2) is 16.3 Å². The van der Waals surface area contributed by atoms with Crippen LogP contribution in [0.4, 0.5) is 0 Å². The van der Waals surface area contributed by atoms with Crippen molar-refractivity contribution in [3.05, 3.63) is 46.2 Å². The quantitative estimate of drug-likeness (QED) is 0.906. The topological polar surface area (TPSA) is 29.9 Å². The SMILES string of the molecule is Cc1nn(-c2ccc(CNCC(C)C)cc2)c(C)c1Cl. The molecule has 0 spiro atoms. The minimum absolute atomic E-state index is 0.672. The minimum atomic E-state index is 0.672. The maximum Gasteiger partial charge on any atom is 0.0848 e. The Kier molecular flexibility index (Phi) is 4.84. The molecule has 0 aliphatic rings. The van der Waals surface area contributed by atoms with E-state index in [0.29, 0.717) is 5.92 Å². The second kappa shape index (κ2) is 6.42. The van der Waals surface area contributed by atoms with Gasteiger partial charge in [0.25, 0.3) is 0 Å². The fraction of sp³-hybridized carbons (Fsp3) is 0.438. The number of hydrogen-bond donors (Lipinski definition) is 1. The van der Waals surface area contributed by atoms with Crippen LogP contribution < -0.4 is 5.32 Å². The Morgan fingerprint density at radius 3 is 2.35 bits per heavy atom. The van der Waals surface area contributed by atoms with Gasteiger partial charge in [-0.2, -0.15) is 5.10 Å². The monoisotopic (exact) mass is 291 g/mol. The van der Waals surface area contributed by atoms with E-state index in [4.69, 9.17) is 11.6 Å². The summed E-state index contributed by atoms with van der Waals surface area (Å²) in [6.07, 6.45) is 0. The molecule has 108 valence electrons. The van der Waals surface area contributed by atoms with Crippen molar-refractivity contribution in [2.24, 2.45) is 5.92 Å². The second-order valence-electron chi connectivity index (χ2n) is 5.59. The lowest BCUT2D eigenvalue weighted by molar-refractivity contribution is 0.552. The van der Waals surface area contributed by atoms with Gasteiger partial charge >= 0.3 is 0 Å². The van der Waals surface area contributed by atoms with Crippen LogP contribution in [0.3, 0.4) is 0 Å². The fourth-order valence-corrected chi connectivity index (χ4v) is 2.25. The lowest BCUT2D eigenvalue weighted by Crippen LogP contribution is -2.18. The maximum absolute atomic E-state index is 6.18. The third-order valence-electron chi connectivity index (χ3n) is 3.27.